The first kappa shape index (κ1) is 12.5. The van der Waals surface area contributed by atoms with Gasteiger partial charge in [-0.15, -0.1) is 0 Å². The standard InChI is InChI=1S/C18H15NO/c1-13-6-8-14(9-7-13)10-18(20)17-12-19-11-15-4-2-3-5-16(15)17/h2-9,11-12H,10H2,1H3. The van der Waals surface area contributed by atoms with Crippen molar-refractivity contribution in [2.24, 2.45) is 0 Å². The van der Waals surface area contributed by atoms with Gasteiger partial charge in [-0.2, -0.15) is 0 Å². The van der Waals surface area contributed by atoms with Gasteiger partial charge in [0, 0.05) is 29.8 Å². The molecule has 3 rings (SSSR count). The number of hydrogen-bond acceptors (Lipinski definition) is 2. The Morgan fingerprint density at radius 3 is 2.55 bits per heavy atom. The predicted octanol–water partition coefficient (Wildman–Crippen LogP) is 3.97. The van der Waals surface area contributed by atoms with Gasteiger partial charge < -0.3 is 0 Å². The van der Waals surface area contributed by atoms with Crippen molar-refractivity contribution in [1.82, 2.24) is 4.98 Å². The highest BCUT2D eigenvalue weighted by Crippen LogP contribution is 2.19. The number of Topliss-reactive ketones (excluding diaryl/α,β-unsaturated/α-hetero) is 1. The molecule has 3 aromatic rings. The third kappa shape index (κ3) is 2.45. The van der Waals surface area contributed by atoms with Crippen molar-refractivity contribution >= 4 is 16.6 Å². The lowest BCUT2D eigenvalue weighted by molar-refractivity contribution is 0.0994. The molecule has 0 aliphatic heterocycles. The van der Waals surface area contributed by atoms with Crippen molar-refractivity contribution in [3.63, 3.8) is 0 Å². The van der Waals surface area contributed by atoms with Crippen molar-refractivity contribution in [2.45, 2.75) is 13.3 Å². The number of pyridine rings is 1. The Kier molecular flexibility index (Phi) is 3.30. The third-order valence-corrected chi connectivity index (χ3v) is 3.45. The Morgan fingerprint density at radius 2 is 1.75 bits per heavy atom. The highest BCUT2D eigenvalue weighted by molar-refractivity contribution is 6.08. The van der Waals surface area contributed by atoms with Crippen molar-refractivity contribution in [3.8, 4) is 0 Å². The van der Waals surface area contributed by atoms with Gasteiger partial charge in [0.1, 0.15) is 0 Å². The van der Waals surface area contributed by atoms with E-state index in [-0.39, 0.29) is 5.78 Å². The van der Waals surface area contributed by atoms with Gasteiger partial charge in [0.15, 0.2) is 5.78 Å². The zero-order chi connectivity index (χ0) is 13.9. The summed E-state index contributed by atoms with van der Waals surface area (Å²) >= 11 is 0. The molecule has 20 heavy (non-hydrogen) atoms. The minimum atomic E-state index is 0.109. The molecule has 0 unspecified atom stereocenters. The Morgan fingerprint density at radius 1 is 1.00 bits per heavy atom. The zero-order valence-corrected chi connectivity index (χ0v) is 11.3. The van der Waals surface area contributed by atoms with Gasteiger partial charge in [-0.05, 0) is 17.9 Å². The van der Waals surface area contributed by atoms with Crippen LogP contribution in [0.5, 0.6) is 0 Å². The summed E-state index contributed by atoms with van der Waals surface area (Å²) in [5.41, 5.74) is 2.94. The smallest absolute Gasteiger partial charge is 0.169 e. The van der Waals surface area contributed by atoms with Crippen LogP contribution in [0.3, 0.4) is 0 Å². The molecular weight excluding hydrogens is 246 g/mol. The van der Waals surface area contributed by atoms with E-state index in [1.807, 2.05) is 55.5 Å². The molecule has 0 saturated heterocycles. The lowest BCUT2D eigenvalue weighted by atomic mass is 9.99. The first-order chi connectivity index (χ1) is 9.74. The molecule has 0 spiro atoms. The van der Waals surface area contributed by atoms with E-state index in [9.17, 15) is 4.79 Å². The maximum atomic E-state index is 12.5. The summed E-state index contributed by atoms with van der Waals surface area (Å²) in [6.45, 7) is 2.04. The van der Waals surface area contributed by atoms with Gasteiger partial charge in [0.05, 0.1) is 0 Å². The third-order valence-electron chi connectivity index (χ3n) is 3.45. The second kappa shape index (κ2) is 5.25. The SMILES string of the molecule is Cc1ccc(CC(=O)c2cncc3ccccc23)cc1. The molecule has 98 valence electrons. The highest BCUT2D eigenvalue weighted by atomic mass is 16.1. The summed E-state index contributed by atoms with van der Waals surface area (Å²) in [6, 6.07) is 15.9. The average Bonchev–Trinajstić information content (AvgIpc) is 2.49. The minimum Gasteiger partial charge on any atom is -0.294 e. The zero-order valence-electron chi connectivity index (χ0n) is 11.3. The number of ketones is 1. The molecule has 0 amide bonds. The second-order valence-corrected chi connectivity index (χ2v) is 4.99. The molecule has 1 aromatic heterocycles. The number of hydrogen-bond donors (Lipinski definition) is 0. The summed E-state index contributed by atoms with van der Waals surface area (Å²) in [5, 5.41) is 1.97. The van der Waals surface area contributed by atoms with Crippen LogP contribution in [0.15, 0.2) is 60.9 Å². The lowest BCUT2D eigenvalue weighted by Gasteiger charge is -2.05. The highest BCUT2D eigenvalue weighted by Gasteiger charge is 2.11. The van der Waals surface area contributed by atoms with Crippen molar-refractivity contribution in [2.75, 3.05) is 0 Å². The summed E-state index contributed by atoms with van der Waals surface area (Å²) in [4.78, 5) is 16.6. The molecule has 0 radical (unpaired) electrons. The molecule has 2 heteroatoms. The largest absolute Gasteiger partial charge is 0.294 e. The Hall–Kier alpha value is -2.48. The maximum Gasteiger partial charge on any atom is 0.169 e. The second-order valence-electron chi connectivity index (χ2n) is 4.99. The van der Waals surface area contributed by atoms with Crippen LogP contribution >= 0.6 is 0 Å². The fourth-order valence-corrected chi connectivity index (χ4v) is 2.33. The van der Waals surface area contributed by atoms with Crippen LogP contribution in [-0.2, 0) is 6.42 Å². The molecule has 0 N–H and O–H groups in total. The van der Waals surface area contributed by atoms with E-state index in [4.69, 9.17) is 0 Å². The van der Waals surface area contributed by atoms with Gasteiger partial charge in [-0.1, -0.05) is 54.1 Å². The van der Waals surface area contributed by atoms with E-state index in [0.29, 0.717) is 12.0 Å². The van der Waals surface area contributed by atoms with Gasteiger partial charge in [-0.25, -0.2) is 0 Å². The van der Waals surface area contributed by atoms with Crippen LogP contribution in [0.25, 0.3) is 10.8 Å². The first-order valence-corrected chi connectivity index (χ1v) is 6.65. The van der Waals surface area contributed by atoms with E-state index in [1.54, 1.807) is 12.4 Å². The number of carbonyl (C=O) groups excluding carboxylic acids is 1. The van der Waals surface area contributed by atoms with Gasteiger partial charge in [0.2, 0.25) is 0 Å². The normalized spacial score (nSPS) is 10.7. The molecule has 0 atom stereocenters. The van der Waals surface area contributed by atoms with E-state index in [1.165, 1.54) is 5.56 Å². The van der Waals surface area contributed by atoms with E-state index in [0.717, 1.165) is 16.3 Å². The van der Waals surface area contributed by atoms with Gasteiger partial charge >= 0.3 is 0 Å². The van der Waals surface area contributed by atoms with Crippen LogP contribution in [0.1, 0.15) is 21.5 Å². The van der Waals surface area contributed by atoms with E-state index < -0.39 is 0 Å². The molecule has 0 aliphatic carbocycles. The number of rotatable bonds is 3. The van der Waals surface area contributed by atoms with E-state index >= 15 is 0 Å². The fourth-order valence-electron chi connectivity index (χ4n) is 2.33. The summed E-state index contributed by atoms with van der Waals surface area (Å²) in [7, 11) is 0. The molecule has 0 saturated carbocycles. The Labute approximate surface area is 118 Å². The first-order valence-electron chi connectivity index (χ1n) is 6.65. The molecule has 2 aromatic carbocycles. The summed E-state index contributed by atoms with van der Waals surface area (Å²) in [5.74, 6) is 0.109. The number of aromatic nitrogens is 1. The monoisotopic (exact) mass is 261 g/mol. The predicted molar refractivity (Wildman–Crippen MR) is 81.0 cm³/mol. The molecule has 0 fully saturated rings. The van der Waals surface area contributed by atoms with Crippen molar-refractivity contribution in [3.05, 3.63) is 77.6 Å². The van der Waals surface area contributed by atoms with Crippen LogP contribution < -0.4 is 0 Å². The van der Waals surface area contributed by atoms with Crippen molar-refractivity contribution < 1.29 is 4.79 Å². The summed E-state index contributed by atoms with van der Waals surface area (Å²) in [6.07, 6.45) is 3.87. The quantitative estimate of drug-likeness (QED) is 0.668. The number of nitrogens with zero attached hydrogens (tertiary/aromatic N) is 1. The number of benzene rings is 2. The minimum absolute atomic E-state index is 0.109. The molecule has 2 nitrogen and oxygen atoms in total. The lowest BCUT2D eigenvalue weighted by Crippen LogP contribution is -2.05. The Bertz CT molecular complexity index is 754. The Balaban J connectivity index is 1.94. The average molecular weight is 261 g/mol. The number of aryl methyl sites for hydroxylation is 1. The van der Waals surface area contributed by atoms with Gasteiger partial charge in [0.25, 0.3) is 0 Å². The number of carbonyl (C=O) groups is 1. The fraction of sp³-hybridized carbons (Fsp3) is 0.111. The van der Waals surface area contributed by atoms with Crippen LogP contribution in [-0.4, -0.2) is 10.8 Å². The van der Waals surface area contributed by atoms with Crippen molar-refractivity contribution in [1.29, 1.82) is 0 Å². The molecule has 0 bridgehead atoms. The van der Waals surface area contributed by atoms with Gasteiger partial charge in [-0.3, -0.25) is 9.78 Å². The molecular formula is C18H15NO. The van der Waals surface area contributed by atoms with Crippen LogP contribution in [0.4, 0.5) is 0 Å². The van der Waals surface area contributed by atoms with Crippen LogP contribution in [0, 0.1) is 6.92 Å². The summed E-state index contributed by atoms with van der Waals surface area (Å²) < 4.78 is 0. The number of fused-ring (bicyclic) bond motifs is 1. The maximum absolute atomic E-state index is 12.5. The topological polar surface area (TPSA) is 30.0 Å². The molecule has 0 aliphatic rings. The van der Waals surface area contributed by atoms with Crippen LogP contribution in [0.2, 0.25) is 0 Å². The molecule has 1 heterocycles. The van der Waals surface area contributed by atoms with E-state index in [2.05, 4.69) is 4.98 Å².